The van der Waals surface area contributed by atoms with Crippen LogP contribution in [0.5, 0.6) is 5.75 Å². The van der Waals surface area contributed by atoms with E-state index in [0.29, 0.717) is 19.2 Å². The fourth-order valence-corrected chi connectivity index (χ4v) is 4.65. The summed E-state index contributed by atoms with van der Waals surface area (Å²) in [4.78, 5) is 12.4. The minimum absolute atomic E-state index is 0.596. The predicted octanol–water partition coefficient (Wildman–Crippen LogP) is 1.27. The van der Waals surface area contributed by atoms with Crippen molar-refractivity contribution >= 4 is 5.96 Å². The highest BCUT2D eigenvalue weighted by atomic mass is 16.5. The van der Waals surface area contributed by atoms with Crippen molar-refractivity contribution in [3.8, 4) is 5.75 Å². The van der Waals surface area contributed by atoms with Crippen LogP contribution < -0.4 is 10.1 Å². The van der Waals surface area contributed by atoms with Gasteiger partial charge >= 0.3 is 0 Å². The van der Waals surface area contributed by atoms with Crippen LogP contribution in [0.3, 0.4) is 0 Å². The number of aliphatic imine (C=N–C) groups is 1. The molecule has 3 saturated heterocycles. The molecule has 8 nitrogen and oxygen atoms in total. The van der Waals surface area contributed by atoms with Crippen LogP contribution in [0, 0.1) is 0 Å². The maximum absolute atomic E-state index is 6.15. The minimum Gasteiger partial charge on any atom is -0.492 e. The number of hydrogen-bond acceptors (Lipinski definition) is 6. The zero-order valence-electron chi connectivity index (χ0n) is 19.5. The van der Waals surface area contributed by atoms with E-state index in [1.807, 2.05) is 6.07 Å². The summed E-state index contributed by atoms with van der Waals surface area (Å²) in [7, 11) is 0. The first-order chi connectivity index (χ1) is 15.8. The quantitative estimate of drug-likeness (QED) is 0.478. The van der Waals surface area contributed by atoms with Gasteiger partial charge in [0.05, 0.1) is 33.0 Å². The summed E-state index contributed by atoms with van der Waals surface area (Å²) in [5.41, 5.74) is 1.13. The Bertz CT molecular complexity index is 719. The average Bonchev–Trinajstić information content (AvgIpc) is 3.34. The van der Waals surface area contributed by atoms with E-state index in [0.717, 1.165) is 96.1 Å². The van der Waals surface area contributed by atoms with E-state index in [2.05, 4.69) is 45.1 Å². The van der Waals surface area contributed by atoms with Crippen molar-refractivity contribution in [3.05, 3.63) is 29.8 Å². The average molecular weight is 446 g/mol. The third-order valence-electron chi connectivity index (χ3n) is 6.50. The lowest BCUT2D eigenvalue weighted by Crippen LogP contribution is -2.46. The molecule has 3 heterocycles. The van der Waals surface area contributed by atoms with E-state index < -0.39 is 0 Å². The second-order valence-corrected chi connectivity index (χ2v) is 8.62. The van der Waals surface area contributed by atoms with Crippen molar-refractivity contribution in [2.24, 2.45) is 4.99 Å². The number of morpholine rings is 2. The molecule has 3 fully saturated rings. The van der Waals surface area contributed by atoms with Crippen molar-refractivity contribution in [2.75, 3.05) is 85.4 Å². The molecule has 3 aliphatic rings. The van der Waals surface area contributed by atoms with E-state index in [-0.39, 0.29) is 0 Å². The maximum atomic E-state index is 6.15. The Morgan fingerprint density at radius 1 is 1.06 bits per heavy atom. The lowest BCUT2D eigenvalue weighted by atomic mass is 10.2. The second kappa shape index (κ2) is 12.4. The van der Waals surface area contributed by atoms with Gasteiger partial charge in [-0.05, 0) is 19.4 Å². The van der Waals surface area contributed by atoms with Crippen LogP contribution in [0.4, 0.5) is 0 Å². The van der Waals surface area contributed by atoms with Crippen molar-refractivity contribution in [1.82, 2.24) is 20.0 Å². The van der Waals surface area contributed by atoms with Crippen LogP contribution in [0.25, 0.3) is 0 Å². The third kappa shape index (κ3) is 6.57. The number of benzene rings is 1. The molecule has 8 heteroatoms. The smallest absolute Gasteiger partial charge is 0.194 e. The molecule has 1 aromatic rings. The zero-order valence-corrected chi connectivity index (χ0v) is 19.5. The highest BCUT2D eigenvalue weighted by Gasteiger charge is 2.30. The molecule has 0 bridgehead atoms. The molecule has 1 aromatic carbocycles. The zero-order chi connectivity index (χ0) is 22.0. The van der Waals surface area contributed by atoms with Gasteiger partial charge in [0, 0.05) is 64.0 Å². The van der Waals surface area contributed by atoms with Gasteiger partial charge in [-0.2, -0.15) is 0 Å². The first kappa shape index (κ1) is 23.3. The Morgan fingerprint density at radius 2 is 1.81 bits per heavy atom. The summed E-state index contributed by atoms with van der Waals surface area (Å²) in [5.74, 6) is 1.94. The van der Waals surface area contributed by atoms with Gasteiger partial charge in [0.25, 0.3) is 0 Å². The number of likely N-dealkylation sites (tertiary alicyclic amines) is 1. The van der Waals surface area contributed by atoms with Gasteiger partial charge in [-0.1, -0.05) is 18.2 Å². The lowest BCUT2D eigenvalue weighted by Gasteiger charge is -2.32. The van der Waals surface area contributed by atoms with Gasteiger partial charge in [0.15, 0.2) is 5.96 Å². The molecular formula is C24H39N5O3. The van der Waals surface area contributed by atoms with E-state index >= 15 is 0 Å². The fourth-order valence-electron chi connectivity index (χ4n) is 4.65. The molecule has 1 atom stereocenters. The van der Waals surface area contributed by atoms with E-state index in [9.17, 15) is 0 Å². The summed E-state index contributed by atoms with van der Waals surface area (Å²) in [5, 5.41) is 3.50. The van der Waals surface area contributed by atoms with Gasteiger partial charge in [-0.15, -0.1) is 0 Å². The largest absolute Gasteiger partial charge is 0.492 e. The van der Waals surface area contributed by atoms with Crippen molar-refractivity contribution in [2.45, 2.75) is 25.9 Å². The summed E-state index contributed by atoms with van der Waals surface area (Å²) < 4.78 is 17.1. The summed E-state index contributed by atoms with van der Waals surface area (Å²) in [6.07, 6.45) is 1.19. The number of ether oxygens (including phenoxy) is 3. The highest BCUT2D eigenvalue weighted by Crippen LogP contribution is 2.21. The minimum atomic E-state index is 0.596. The Hall–Kier alpha value is -1.87. The second-order valence-electron chi connectivity index (χ2n) is 8.62. The van der Waals surface area contributed by atoms with Crippen LogP contribution in [0.2, 0.25) is 0 Å². The maximum Gasteiger partial charge on any atom is 0.194 e. The molecule has 3 aliphatic heterocycles. The molecule has 0 amide bonds. The molecule has 0 aromatic heterocycles. The standard InChI is InChI=1S/C24H39N5O3/c1-2-25-24(29-8-7-22(20-29)28-12-16-31-17-13-28)26-19-21-5-3-4-6-23(21)32-18-11-27-9-14-30-15-10-27/h3-6,22H,2,7-20H2,1H3,(H,25,26). The van der Waals surface area contributed by atoms with Gasteiger partial charge in [-0.25, -0.2) is 4.99 Å². The third-order valence-corrected chi connectivity index (χ3v) is 6.50. The Labute approximate surface area is 192 Å². The summed E-state index contributed by atoms with van der Waals surface area (Å²) >= 11 is 0. The van der Waals surface area contributed by atoms with E-state index in [4.69, 9.17) is 19.2 Å². The summed E-state index contributed by atoms with van der Waals surface area (Å²) in [6, 6.07) is 8.88. The molecule has 0 spiro atoms. The Kier molecular flexibility index (Phi) is 9.02. The number of hydrogen-bond donors (Lipinski definition) is 1. The molecule has 32 heavy (non-hydrogen) atoms. The van der Waals surface area contributed by atoms with Crippen LogP contribution in [-0.2, 0) is 16.0 Å². The number of guanidine groups is 1. The van der Waals surface area contributed by atoms with Crippen LogP contribution >= 0.6 is 0 Å². The van der Waals surface area contributed by atoms with Crippen LogP contribution in [-0.4, -0.2) is 112 Å². The first-order valence-corrected chi connectivity index (χ1v) is 12.2. The Balaban J connectivity index is 1.32. The van der Waals surface area contributed by atoms with Gasteiger partial charge in [0.2, 0.25) is 0 Å². The number of nitrogens with one attached hydrogen (secondary N) is 1. The molecule has 0 aliphatic carbocycles. The number of rotatable bonds is 8. The van der Waals surface area contributed by atoms with E-state index in [1.165, 1.54) is 6.42 Å². The molecule has 0 saturated carbocycles. The molecular weight excluding hydrogens is 406 g/mol. The predicted molar refractivity (Wildman–Crippen MR) is 126 cm³/mol. The van der Waals surface area contributed by atoms with Crippen molar-refractivity contribution < 1.29 is 14.2 Å². The highest BCUT2D eigenvalue weighted by molar-refractivity contribution is 5.80. The van der Waals surface area contributed by atoms with Crippen molar-refractivity contribution in [3.63, 3.8) is 0 Å². The molecule has 0 radical (unpaired) electrons. The lowest BCUT2D eigenvalue weighted by molar-refractivity contribution is 0.0195. The molecule has 1 unspecified atom stereocenters. The van der Waals surface area contributed by atoms with Crippen LogP contribution in [0.15, 0.2) is 29.3 Å². The SMILES string of the molecule is CCNC(=NCc1ccccc1OCCN1CCOCC1)N1CCC(N2CCOCC2)C1. The van der Waals surface area contributed by atoms with Gasteiger partial charge < -0.3 is 24.4 Å². The Morgan fingerprint density at radius 3 is 2.59 bits per heavy atom. The first-order valence-electron chi connectivity index (χ1n) is 12.2. The molecule has 1 N–H and O–H groups in total. The van der Waals surface area contributed by atoms with Crippen molar-refractivity contribution in [1.29, 1.82) is 0 Å². The van der Waals surface area contributed by atoms with Gasteiger partial charge in [0.1, 0.15) is 12.4 Å². The molecule has 178 valence electrons. The van der Waals surface area contributed by atoms with E-state index in [1.54, 1.807) is 0 Å². The molecule has 4 rings (SSSR count). The normalized spacial score (nSPS) is 23.5. The topological polar surface area (TPSA) is 61.8 Å². The fraction of sp³-hybridized carbons (Fsp3) is 0.708. The monoisotopic (exact) mass is 445 g/mol. The van der Waals surface area contributed by atoms with Gasteiger partial charge in [-0.3, -0.25) is 9.80 Å². The van der Waals surface area contributed by atoms with Crippen LogP contribution in [0.1, 0.15) is 18.9 Å². The summed E-state index contributed by atoms with van der Waals surface area (Å²) in [6.45, 7) is 14.7. The number of para-hydroxylation sites is 1. The number of nitrogens with zero attached hydrogens (tertiary/aromatic N) is 4.